The summed E-state index contributed by atoms with van der Waals surface area (Å²) in [5.74, 6) is 0.522. The molecule has 5 heteroatoms. The summed E-state index contributed by atoms with van der Waals surface area (Å²) in [7, 11) is 0. The molecule has 0 spiro atoms. The van der Waals surface area contributed by atoms with Gasteiger partial charge in [-0.2, -0.15) is 0 Å². The molecule has 1 aliphatic rings. The molecule has 19 heavy (non-hydrogen) atoms. The highest BCUT2D eigenvalue weighted by atomic mass is 35.5. The predicted molar refractivity (Wildman–Crippen MR) is 76.4 cm³/mol. The molecule has 104 valence electrons. The van der Waals surface area contributed by atoms with Gasteiger partial charge in [0, 0.05) is 12.7 Å². The Morgan fingerprint density at radius 2 is 2.21 bits per heavy atom. The lowest BCUT2D eigenvalue weighted by atomic mass is 9.97. The second kappa shape index (κ2) is 6.87. The number of nitrogens with zero attached hydrogens (tertiary/aromatic N) is 2. The molecule has 0 bridgehead atoms. The summed E-state index contributed by atoms with van der Waals surface area (Å²) in [6.45, 7) is 6.34. The number of carbonyl (C=O) groups excluding carboxylic acids is 1. The first-order valence-electron chi connectivity index (χ1n) is 6.81. The van der Waals surface area contributed by atoms with E-state index >= 15 is 0 Å². The minimum Gasteiger partial charge on any atom is -0.352 e. The van der Waals surface area contributed by atoms with Gasteiger partial charge in [0.2, 0.25) is 0 Å². The lowest BCUT2D eigenvalue weighted by molar-refractivity contribution is 0.0936. The third kappa shape index (κ3) is 4.18. The predicted octanol–water partition coefficient (Wildman–Crippen LogP) is 2.20. The molecule has 2 heterocycles. The van der Waals surface area contributed by atoms with Gasteiger partial charge in [-0.3, -0.25) is 4.79 Å². The fraction of sp³-hybridized carbons (Fsp3) is 0.571. The van der Waals surface area contributed by atoms with Crippen LogP contribution in [-0.4, -0.2) is 42.0 Å². The van der Waals surface area contributed by atoms with E-state index in [1.165, 1.54) is 6.20 Å². The molecular weight excluding hydrogens is 262 g/mol. The number of halogens is 1. The fourth-order valence-electron chi connectivity index (χ4n) is 2.36. The number of nitrogens with one attached hydrogen (secondary N) is 1. The Hall–Kier alpha value is -1.13. The van der Waals surface area contributed by atoms with Crippen LogP contribution in [0.2, 0.25) is 5.15 Å². The standard InChI is InChI=1S/C14H20ClN3O/c1-2-18-7-5-11(6-8-18)9-17-14(19)12-3-4-13(15)16-10-12/h3-4,10-11H,2,5-9H2,1H3,(H,17,19). The molecule has 0 saturated carbocycles. The second-order valence-electron chi connectivity index (χ2n) is 4.96. The number of aromatic nitrogens is 1. The van der Waals surface area contributed by atoms with Crippen LogP contribution in [0.4, 0.5) is 0 Å². The molecule has 1 aromatic rings. The van der Waals surface area contributed by atoms with E-state index in [1.807, 2.05) is 0 Å². The Labute approximate surface area is 119 Å². The highest BCUT2D eigenvalue weighted by Gasteiger charge is 2.18. The van der Waals surface area contributed by atoms with E-state index in [-0.39, 0.29) is 5.91 Å². The van der Waals surface area contributed by atoms with E-state index < -0.39 is 0 Å². The monoisotopic (exact) mass is 281 g/mol. The molecule has 0 atom stereocenters. The van der Waals surface area contributed by atoms with Crippen LogP contribution in [0.25, 0.3) is 0 Å². The molecule has 0 aromatic carbocycles. The zero-order chi connectivity index (χ0) is 13.7. The van der Waals surface area contributed by atoms with E-state index in [0.717, 1.165) is 39.0 Å². The smallest absolute Gasteiger partial charge is 0.252 e. The maximum atomic E-state index is 11.9. The first-order valence-corrected chi connectivity index (χ1v) is 7.19. The van der Waals surface area contributed by atoms with Crippen molar-refractivity contribution in [2.75, 3.05) is 26.2 Å². The quantitative estimate of drug-likeness (QED) is 0.861. The number of hydrogen-bond acceptors (Lipinski definition) is 3. The average Bonchev–Trinajstić information content (AvgIpc) is 2.46. The third-order valence-corrected chi connectivity index (χ3v) is 3.92. The number of rotatable bonds is 4. The van der Waals surface area contributed by atoms with Gasteiger partial charge < -0.3 is 10.2 Å². The molecule has 0 aliphatic carbocycles. The van der Waals surface area contributed by atoms with Crippen molar-refractivity contribution < 1.29 is 4.79 Å². The first kappa shape index (κ1) is 14.3. The van der Waals surface area contributed by atoms with Gasteiger partial charge in [0.05, 0.1) is 5.56 Å². The molecule has 0 unspecified atom stereocenters. The second-order valence-corrected chi connectivity index (χ2v) is 5.34. The van der Waals surface area contributed by atoms with Crippen molar-refractivity contribution in [3.8, 4) is 0 Å². The lowest BCUT2D eigenvalue weighted by Gasteiger charge is -2.31. The normalized spacial score (nSPS) is 17.4. The maximum absolute atomic E-state index is 11.9. The molecule has 1 amide bonds. The Morgan fingerprint density at radius 1 is 1.47 bits per heavy atom. The highest BCUT2D eigenvalue weighted by Crippen LogP contribution is 2.16. The van der Waals surface area contributed by atoms with E-state index in [9.17, 15) is 4.79 Å². The number of carbonyl (C=O) groups is 1. The summed E-state index contributed by atoms with van der Waals surface area (Å²) >= 11 is 5.70. The Kier molecular flexibility index (Phi) is 5.16. The zero-order valence-corrected chi connectivity index (χ0v) is 12.0. The number of piperidine rings is 1. The molecule has 1 aromatic heterocycles. The van der Waals surface area contributed by atoms with Crippen molar-refractivity contribution in [2.45, 2.75) is 19.8 Å². The minimum absolute atomic E-state index is 0.0675. The van der Waals surface area contributed by atoms with Crippen LogP contribution in [0.1, 0.15) is 30.1 Å². The summed E-state index contributed by atoms with van der Waals surface area (Å²) < 4.78 is 0. The average molecular weight is 282 g/mol. The molecule has 2 rings (SSSR count). The minimum atomic E-state index is -0.0675. The highest BCUT2D eigenvalue weighted by molar-refractivity contribution is 6.29. The molecule has 1 aliphatic heterocycles. The number of amides is 1. The van der Waals surface area contributed by atoms with Gasteiger partial charge in [0.1, 0.15) is 5.15 Å². The number of hydrogen-bond donors (Lipinski definition) is 1. The number of pyridine rings is 1. The first-order chi connectivity index (χ1) is 9.19. The SMILES string of the molecule is CCN1CCC(CNC(=O)c2ccc(Cl)nc2)CC1. The largest absolute Gasteiger partial charge is 0.352 e. The Balaban J connectivity index is 1.76. The van der Waals surface area contributed by atoms with Gasteiger partial charge in [-0.25, -0.2) is 4.98 Å². The zero-order valence-electron chi connectivity index (χ0n) is 11.2. The van der Waals surface area contributed by atoms with Crippen LogP contribution < -0.4 is 5.32 Å². The summed E-state index contributed by atoms with van der Waals surface area (Å²) in [4.78, 5) is 18.3. The van der Waals surface area contributed by atoms with Gasteiger partial charge >= 0.3 is 0 Å². The van der Waals surface area contributed by atoms with Gasteiger partial charge in [-0.05, 0) is 50.5 Å². The van der Waals surface area contributed by atoms with Crippen molar-refractivity contribution in [2.24, 2.45) is 5.92 Å². The van der Waals surface area contributed by atoms with Crippen LogP contribution in [0.3, 0.4) is 0 Å². The van der Waals surface area contributed by atoms with Crippen molar-refractivity contribution >= 4 is 17.5 Å². The topological polar surface area (TPSA) is 45.2 Å². The Bertz CT molecular complexity index is 413. The van der Waals surface area contributed by atoms with Crippen molar-refractivity contribution in [1.82, 2.24) is 15.2 Å². The van der Waals surface area contributed by atoms with Crippen molar-refractivity contribution in [3.05, 3.63) is 29.0 Å². The molecule has 1 N–H and O–H groups in total. The van der Waals surface area contributed by atoms with Crippen molar-refractivity contribution in [1.29, 1.82) is 0 Å². The Morgan fingerprint density at radius 3 is 2.79 bits per heavy atom. The lowest BCUT2D eigenvalue weighted by Crippen LogP contribution is -2.38. The van der Waals surface area contributed by atoms with Gasteiger partial charge in [0.15, 0.2) is 0 Å². The molecule has 4 nitrogen and oxygen atoms in total. The summed E-state index contributed by atoms with van der Waals surface area (Å²) in [5.41, 5.74) is 0.565. The number of likely N-dealkylation sites (tertiary alicyclic amines) is 1. The van der Waals surface area contributed by atoms with E-state index in [2.05, 4.69) is 22.1 Å². The maximum Gasteiger partial charge on any atom is 0.252 e. The van der Waals surface area contributed by atoms with Crippen LogP contribution in [0.5, 0.6) is 0 Å². The van der Waals surface area contributed by atoms with Gasteiger partial charge in [0.25, 0.3) is 5.91 Å². The van der Waals surface area contributed by atoms with Gasteiger partial charge in [-0.15, -0.1) is 0 Å². The van der Waals surface area contributed by atoms with Crippen LogP contribution >= 0.6 is 11.6 Å². The van der Waals surface area contributed by atoms with E-state index in [4.69, 9.17) is 11.6 Å². The van der Waals surface area contributed by atoms with Crippen LogP contribution in [-0.2, 0) is 0 Å². The fourth-order valence-corrected chi connectivity index (χ4v) is 2.47. The molecule has 1 fully saturated rings. The summed E-state index contributed by atoms with van der Waals surface area (Å²) in [5, 5.41) is 3.39. The van der Waals surface area contributed by atoms with Crippen LogP contribution in [0.15, 0.2) is 18.3 Å². The summed E-state index contributed by atoms with van der Waals surface area (Å²) in [6, 6.07) is 3.33. The molecular formula is C14H20ClN3O. The van der Waals surface area contributed by atoms with Gasteiger partial charge in [-0.1, -0.05) is 18.5 Å². The molecule has 0 radical (unpaired) electrons. The van der Waals surface area contributed by atoms with E-state index in [1.54, 1.807) is 12.1 Å². The van der Waals surface area contributed by atoms with Crippen molar-refractivity contribution in [3.63, 3.8) is 0 Å². The molecule has 1 saturated heterocycles. The van der Waals surface area contributed by atoms with E-state index in [0.29, 0.717) is 16.6 Å². The van der Waals surface area contributed by atoms with Crippen LogP contribution in [0, 0.1) is 5.92 Å². The third-order valence-electron chi connectivity index (χ3n) is 3.70. The summed E-state index contributed by atoms with van der Waals surface area (Å²) in [6.07, 6.45) is 3.83.